The quantitative estimate of drug-likeness (QED) is 0.554. The van der Waals surface area contributed by atoms with Crippen molar-refractivity contribution in [1.82, 2.24) is 9.78 Å². The molecule has 146 valence electrons. The molecule has 0 spiro atoms. The van der Waals surface area contributed by atoms with Gasteiger partial charge in [0.05, 0.1) is 28.5 Å². The van der Waals surface area contributed by atoms with E-state index in [0.717, 1.165) is 22.6 Å². The number of nitrogens with one attached hydrogen (secondary N) is 2. The third kappa shape index (κ3) is 4.75. The number of nitrogens with two attached hydrogens (primary N) is 1. The average Bonchev–Trinajstić information content (AvgIpc) is 2.90. The van der Waals surface area contributed by atoms with E-state index in [1.165, 1.54) is 12.1 Å². The highest BCUT2D eigenvalue weighted by atomic mass is 32.2. The zero-order valence-corrected chi connectivity index (χ0v) is 17.1. The van der Waals surface area contributed by atoms with Gasteiger partial charge in [-0.2, -0.15) is 5.10 Å². The number of thiocarbonyl (C=S) groups is 1. The lowest BCUT2D eigenvalue weighted by Crippen LogP contribution is -2.20. The van der Waals surface area contributed by atoms with Gasteiger partial charge in [0.15, 0.2) is 5.11 Å². The summed E-state index contributed by atoms with van der Waals surface area (Å²) >= 11 is 5.38. The van der Waals surface area contributed by atoms with Gasteiger partial charge < -0.3 is 10.6 Å². The SMILES string of the molecule is Cc1nn(Cc2ccccc2)c(C)c1NC(=S)Nc1ccc(S(N)(=O)=O)cc1. The molecule has 0 atom stereocenters. The molecule has 0 aliphatic heterocycles. The first-order valence-corrected chi connectivity index (χ1v) is 10.5. The third-order valence-electron chi connectivity index (χ3n) is 4.24. The first kappa shape index (κ1) is 20.0. The lowest BCUT2D eigenvalue weighted by Gasteiger charge is -2.11. The number of hydrogen-bond donors (Lipinski definition) is 3. The number of hydrogen-bond acceptors (Lipinski definition) is 4. The van der Waals surface area contributed by atoms with E-state index in [0.29, 0.717) is 17.3 Å². The molecule has 0 bridgehead atoms. The van der Waals surface area contributed by atoms with Crippen LogP contribution < -0.4 is 15.8 Å². The van der Waals surface area contributed by atoms with Crippen LogP contribution in [-0.2, 0) is 16.6 Å². The molecule has 0 aliphatic carbocycles. The minimum Gasteiger partial charge on any atom is -0.332 e. The highest BCUT2D eigenvalue weighted by Crippen LogP contribution is 2.21. The van der Waals surface area contributed by atoms with Gasteiger partial charge in [-0.3, -0.25) is 4.68 Å². The Hall–Kier alpha value is -2.75. The monoisotopic (exact) mass is 415 g/mol. The van der Waals surface area contributed by atoms with Crippen molar-refractivity contribution in [3.8, 4) is 0 Å². The second kappa shape index (κ2) is 8.09. The predicted molar refractivity (Wildman–Crippen MR) is 115 cm³/mol. The van der Waals surface area contributed by atoms with Crippen LogP contribution in [0.25, 0.3) is 0 Å². The van der Waals surface area contributed by atoms with Crippen LogP contribution in [0.15, 0.2) is 59.5 Å². The van der Waals surface area contributed by atoms with Gasteiger partial charge in [-0.15, -0.1) is 0 Å². The van der Waals surface area contributed by atoms with Crippen molar-refractivity contribution in [2.45, 2.75) is 25.3 Å². The Labute approximate surface area is 169 Å². The molecule has 7 nitrogen and oxygen atoms in total. The number of aromatic nitrogens is 2. The molecule has 0 fully saturated rings. The molecule has 2 aromatic carbocycles. The van der Waals surface area contributed by atoms with Gasteiger partial charge in [0, 0.05) is 5.69 Å². The summed E-state index contributed by atoms with van der Waals surface area (Å²) in [5.41, 5.74) is 4.46. The van der Waals surface area contributed by atoms with E-state index in [4.69, 9.17) is 17.4 Å². The summed E-state index contributed by atoms with van der Waals surface area (Å²) in [7, 11) is -3.72. The molecule has 0 aliphatic rings. The van der Waals surface area contributed by atoms with Crippen molar-refractivity contribution in [3.63, 3.8) is 0 Å². The molecule has 0 amide bonds. The first-order valence-electron chi connectivity index (χ1n) is 8.53. The molecule has 1 heterocycles. The normalized spacial score (nSPS) is 11.2. The number of anilines is 2. The number of nitrogens with zero attached hydrogens (tertiary/aromatic N) is 2. The fourth-order valence-corrected chi connectivity index (χ4v) is 3.53. The van der Waals surface area contributed by atoms with Crippen LogP contribution >= 0.6 is 12.2 Å². The number of rotatable bonds is 5. The van der Waals surface area contributed by atoms with Crippen LogP contribution in [0.2, 0.25) is 0 Å². The maximum atomic E-state index is 11.3. The molecule has 1 aromatic heterocycles. The number of benzene rings is 2. The van der Waals surface area contributed by atoms with Crippen molar-refractivity contribution in [2.24, 2.45) is 5.14 Å². The Morgan fingerprint density at radius 3 is 2.32 bits per heavy atom. The minimum atomic E-state index is -3.72. The Kier molecular flexibility index (Phi) is 5.78. The zero-order chi connectivity index (χ0) is 20.3. The van der Waals surface area contributed by atoms with Gasteiger partial charge in [-0.1, -0.05) is 30.3 Å². The molecule has 3 aromatic rings. The topological polar surface area (TPSA) is 102 Å². The summed E-state index contributed by atoms with van der Waals surface area (Å²) in [6, 6.07) is 16.2. The highest BCUT2D eigenvalue weighted by molar-refractivity contribution is 7.89. The van der Waals surface area contributed by atoms with E-state index >= 15 is 0 Å². The maximum Gasteiger partial charge on any atom is 0.238 e. The number of sulfonamides is 1. The van der Waals surface area contributed by atoms with Crippen molar-refractivity contribution < 1.29 is 8.42 Å². The second-order valence-corrected chi connectivity index (χ2v) is 8.31. The Bertz CT molecular complexity index is 1090. The molecule has 0 saturated carbocycles. The zero-order valence-electron chi connectivity index (χ0n) is 15.5. The van der Waals surface area contributed by atoms with Crippen molar-refractivity contribution >= 4 is 38.7 Å². The van der Waals surface area contributed by atoms with E-state index in [1.54, 1.807) is 12.1 Å². The van der Waals surface area contributed by atoms with E-state index in [-0.39, 0.29) is 4.90 Å². The van der Waals surface area contributed by atoms with Crippen molar-refractivity contribution in [1.29, 1.82) is 0 Å². The fraction of sp³-hybridized carbons (Fsp3) is 0.158. The Morgan fingerprint density at radius 1 is 1.07 bits per heavy atom. The summed E-state index contributed by atoms with van der Waals surface area (Å²) in [6.07, 6.45) is 0. The molecule has 9 heteroatoms. The second-order valence-electron chi connectivity index (χ2n) is 6.34. The third-order valence-corrected chi connectivity index (χ3v) is 5.37. The summed E-state index contributed by atoms with van der Waals surface area (Å²) in [6.45, 7) is 4.57. The number of aryl methyl sites for hydroxylation is 1. The average molecular weight is 416 g/mol. The standard InChI is InChI=1S/C19H21N5O2S2/c1-13-18(14(2)24(23-13)12-15-6-4-3-5-7-15)22-19(27)21-16-8-10-17(11-9-16)28(20,25)26/h3-11H,12H2,1-2H3,(H2,20,25,26)(H2,21,22,27). The number of primary sulfonamides is 1. The predicted octanol–water partition coefficient (Wildman–Crippen LogP) is 3.00. The molecule has 0 unspecified atom stereocenters. The van der Waals surface area contributed by atoms with Crippen LogP contribution in [0.5, 0.6) is 0 Å². The van der Waals surface area contributed by atoms with E-state index < -0.39 is 10.0 Å². The molecular weight excluding hydrogens is 394 g/mol. The van der Waals surface area contributed by atoms with Crippen molar-refractivity contribution in [2.75, 3.05) is 10.6 Å². The largest absolute Gasteiger partial charge is 0.332 e. The lowest BCUT2D eigenvalue weighted by molar-refractivity contribution is 0.598. The van der Waals surface area contributed by atoms with Crippen molar-refractivity contribution in [3.05, 3.63) is 71.5 Å². The van der Waals surface area contributed by atoms with Crippen LogP contribution in [0, 0.1) is 13.8 Å². The van der Waals surface area contributed by atoms with E-state index in [2.05, 4.69) is 27.9 Å². The van der Waals surface area contributed by atoms with E-state index in [9.17, 15) is 8.42 Å². The van der Waals surface area contributed by atoms with Gasteiger partial charge in [0.1, 0.15) is 0 Å². The van der Waals surface area contributed by atoms with Crippen LogP contribution in [0.4, 0.5) is 11.4 Å². The Balaban J connectivity index is 1.70. The van der Waals surface area contributed by atoms with Gasteiger partial charge in [0.25, 0.3) is 0 Å². The summed E-state index contributed by atoms with van der Waals surface area (Å²) in [4.78, 5) is 0.0470. The molecule has 0 radical (unpaired) electrons. The fourth-order valence-electron chi connectivity index (χ4n) is 2.79. The van der Waals surface area contributed by atoms with E-state index in [1.807, 2.05) is 36.7 Å². The highest BCUT2D eigenvalue weighted by Gasteiger charge is 2.13. The molecule has 3 rings (SSSR count). The van der Waals surface area contributed by atoms with Gasteiger partial charge in [0.2, 0.25) is 10.0 Å². The smallest absolute Gasteiger partial charge is 0.238 e. The van der Waals surface area contributed by atoms with Gasteiger partial charge >= 0.3 is 0 Å². The molecular formula is C19H21N5O2S2. The summed E-state index contributed by atoms with van der Waals surface area (Å²) < 4.78 is 24.6. The van der Waals surface area contributed by atoms with Crippen LogP contribution in [0.3, 0.4) is 0 Å². The molecule has 4 N–H and O–H groups in total. The molecule has 0 saturated heterocycles. The minimum absolute atomic E-state index is 0.0470. The van der Waals surface area contributed by atoms with Gasteiger partial charge in [-0.05, 0) is 55.9 Å². The van der Waals surface area contributed by atoms with Crippen LogP contribution in [0.1, 0.15) is 17.0 Å². The lowest BCUT2D eigenvalue weighted by atomic mass is 10.2. The maximum absolute atomic E-state index is 11.3. The van der Waals surface area contributed by atoms with Gasteiger partial charge in [-0.25, -0.2) is 13.6 Å². The summed E-state index contributed by atoms with van der Waals surface area (Å²) in [5.74, 6) is 0. The molecule has 28 heavy (non-hydrogen) atoms. The van der Waals surface area contributed by atoms with Crippen LogP contribution in [-0.4, -0.2) is 23.3 Å². The first-order chi connectivity index (χ1) is 13.2. The Morgan fingerprint density at radius 2 is 1.71 bits per heavy atom. The summed E-state index contributed by atoms with van der Waals surface area (Å²) in [5, 5.41) is 16.3.